The molecular formula is C19H24. The molecule has 0 amide bonds. The van der Waals surface area contributed by atoms with E-state index >= 15 is 0 Å². The maximum atomic E-state index is 2.48. The summed E-state index contributed by atoms with van der Waals surface area (Å²) in [6.45, 7) is 6.79. The summed E-state index contributed by atoms with van der Waals surface area (Å²) in [5, 5.41) is 0. The molecule has 0 radical (unpaired) electrons. The summed E-state index contributed by atoms with van der Waals surface area (Å²) < 4.78 is 0. The zero-order valence-corrected chi connectivity index (χ0v) is 12.4. The minimum absolute atomic E-state index is 0.726. The second kappa shape index (κ2) is 5.00. The monoisotopic (exact) mass is 252 g/mol. The molecule has 2 unspecified atom stereocenters. The van der Waals surface area contributed by atoms with E-state index in [-0.39, 0.29) is 0 Å². The standard InChI is InChI=1S/C19H24/c1-13-4-6-16(7-5-13)17-8-9-18-11-14(2)10-15(3)19(18)12-17/h4,6-7,10-11,13,17H,5,8-9,12H2,1-3H3. The molecule has 0 heteroatoms. The predicted molar refractivity (Wildman–Crippen MR) is 82.4 cm³/mol. The number of fused-ring (bicyclic) bond motifs is 1. The van der Waals surface area contributed by atoms with Crippen LogP contribution in [0, 0.1) is 25.7 Å². The molecule has 0 saturated heterocycles. The Morgan fingerprint density at radius 1 is 1.16 bits per heavy atom. The Hall–Kier alpha value is -1.30. The van der Waals surface area contributed by atoms with Gasteiger partial charge >= 0.3 is 0 Å². The Kier molecular flexibility index (Phi) is 3.35. The highest BCUT2D eigenvalue weighted by molar-refractivity contribution is 5.42. The van der Waals surface area contributed by atoms with E-state index in [1.807, 2.05) is 0 Å². The topological polar surface area (TPSA) is 0 Å². The molecule has 0 saturated carbocycles. The van der Waals surface area contributed by atoms with Crippen LogP contribution in [0.2, 0.25) is 0 Å². The van der Waals surface area contributed by atoms with Crippen LogP contribution in [0.4, 0.5) is 0 Å². The summed E-state index contributed by atoms with van der Waals surface area (Å²) in [6.07, 6.45) is 12.3. The molecule has 0 N–H and O–H groups in total. The number of rotatable bonds is 1. The zero-order chi connectivity index (χ0) is 13.4. The van der Waals surface area contributed by atoms with Crippen LogP contribution >= 0.6 is 0 Å². The molecule has 1 aromatic rings. The average Bonchev–Trinajstić information content (AvgIpc) is 2.39. The maximum absolute atomic E-state index is 2.48. The van der Waals surface area contributed by atoms with Gasteiger partial charge < -0.3 is 0 Å². The normalized spacial score (nSPS) is 25.9. The largest absolute Gasteiger partial charge is 0.0811 e. The SMILES string of the molecule is Cc1cc(C)c2c(c1)CCC(C1=CCC(C)C=C1)C2. The first-order valence-corrected chi connectivity index (χ1v) is 7.60. The van der Waals surface area contributed by atoms with Crippen LogP contribution in [0.1, 0.15) is 42.0 Å². The van der Waals surface area contributed by atoms with Crippen molar-refractivity contribution in [2.75, 3.05) is 0 Å². The van der Waals surface area contributed by atoms with Crippen molar-refractivity contribution in [1.82, 2.24) is 0 Å². The van der Waals surface area contributed by atoms with Crippen molar-refractivity contribution in [2.24, 2.45) is 11.8 Å². The average molecular weight is 252 g/mol. The highest BCUT2D eigenvalue weighted by atomic mass is 14.3. The number of hydrogen-bond acceptors (Lipinski definition) is 0. The lowest BCUT2D eigenvalue weighted by molar-refractivity contribution is 0.525. The Morgan fingerprint density at radius 3 is 2.74 bits per heavy atom. The summed E-state index contributed by atoms with van der Waals surface area (Å²) in [5.74, 6) is 1.47. The minimum Gasteiger partial charge on any atom is -0.0811 e. The van der Waals surface area contributed by atoms with E-state index in [0.717, 1.165) is 11.8 Å². The third-order valence-electron chi connectivity index (χ3n) is 4.74. The lowest BCUT2D eigenvalue weighted by atomic mass is 9.76. The fourth-order valence-corrected chi connectivity index (χ4v) is 3.61. The van der Waals surface area contributed by atoms with Crippen molar-refractivity contribution < 1.29 is 0 Å². The molecule has 2 aliphatic rings. The molecule has 0 nitrogen and oxygen atoms in total. The first-order valence-electron chi connectivity index (χ1n) is 7.60. The predicted octanol–water partition coefficient (Wildman–Crippen LogP) is 4.93. The molecule has 100 valence electrons. The van der Waals surface area contributed by atoms with Crippen molar-refractivity contribution in [2.45, 2.75) is 46.5 Å². The molecule has 2 aliphatic carbocycles. The third kappa shape index (κ3) is 2.54. The zero-order valence-electron chi connectivity index (χ0n) is 12.4. The van der Waals surface area contributed by atoms with Crippen LogP contribution in [0.3, 0.4) is 0 Å². The van der Waals surface area contributed by atoms with Crippen molar-refractivity contribution in [3.8, 4) is 0 Å². The molecule has 1 aromatic carbocycles. The Bertz CT molecular complexity index is 545. The second-order valence-corrected chi connectivity index (χ2v) is 6.44. The molecule has 0 heterocycles. The van der Waals surface area contributed by atoms with E-state index in [9.17, 15) is 0 Å². The smallest absolute Gasteiger partial charge is 0.0121 e. The molecule has 0 aromatic heterocycles. The van der Waals surface area contributed by atoms with Crippen molar-refractivity contribution in [1.29, 1.82) is 0 Å². The fraction of sp³-hybridized carbons (Fsp3) is 0.474. The summed E-state index contributed by atoms with van der Waals surface area (Å²) in [4.78, 5) is 0. The van der Waals surface area contributed by atoms with E-state index in [4.69, 9.17) is 0 Å². The van der Waals surface area contributed by atoms with Crippen molar-refractivity contribution in [3.05, 3.63) is 58.2 Å². The lowest BCUT2D eigenvalue weighted by Crippen LogP contribution is -2.18. The number of benzene rings is 1. The van der Waals surface area contributed by atoms with E-state index < -0.39 is 0 Å². The van der Waals surface area contributed by atoms with Gasteiger partial charge in [0.1, 0.15) is 0 Å². The summed E-state index contributed by atoms with van der Waals surface area (Å²) in [5.41, 5.74) is 7.72. The van der Waals surface area contributed by atoms with Crippen LogP contribution < -0.4 is 0 Å². The Morgan fingerprint density at radius 2 is 2.00 bits per heavy atom. The van der Waals surface area contributed by atoms with Gasteiger partial charge in [0.2, 0.25) is 0 Å². The first-order chi connectivity index (χ1) is 9.13. The highest BCUT2D eigenvalue weighted by Gasteiger charge is 2.23. The first kappa shape index (κ1) is 12.7. The number of aryl methyl sites for hydroxylation is 3. The van der Waals surface area contributed by atoms with E-state index in [1.54, 1.807) is 16.7 Å². The summed E-state index contributed by atoms with van der Waals surface area (Å²) in [7, 11) is 0. The molecule has 0 aliphatic heterocycles. The van der Waals surface area contributed by atoms with Crippen LogP contribution in [-0.2, 0) is 12.8 Å². The molecule has 19 heavy (non-hydrogen) atoms. The van der Waals surface area contributed by atoms with Crippen molar-refractivity contribution in [3.63, 3.8) is 0 Å². The molecule has 2 atom stereocenters. The van der Waals surface area contributed by atoms with Crippen LogP contribution in [0.25, 0.3) is 0 Å². The van der Waals surface area contributed by atoms with E-state index in [1.165, 1.54) is 36.8 Å². The quantitative estimate of drug-likeness (QED) is 0.664. The van der Waals surface area contributed by atoms with Crippen LogP contribution in [0.15, 0.2) is 35.9 Å². The summed E-state index contributed by atoms with van der Waals surface area (Å²) in [6, 6.07) is 4.74. The fourth-order valence-electron chi connectivity index (χ4n) is 3.61. The minimum atomic E-state index is 0.726. The van der Waals surface area contributed by atoms with E-state index in [2.05, 4.69) is 51.1 Å². The van der Waals surface area contributed by atoms with Gasteiger partial charge in [-0.3, -0.25) is 0 Å². The van der Waals surface area contributed by atoms with Crippen LogP contribution in [0.5, 0.6) is 0 Å². The van der Waals surface area contributed by atoms with Gasteiger partial charge in [-0.25, -0.2) is 0 Å². The van der Waals surface area contributed by atoms with Gasteiger partial charge in [-0.15, -0.1) is 0 Å². The van der Waals surface area contributed by atoms with Gasteiger partial charge in [0.05, 0.1) is 0 Å². The molecular weight excluding hydrogens is 228 g/mol. The molecule has 0 spiro atoms. The van der Waals surface area contributed by atoms with Gasteiger partial charge in [0, 0.05) is 0 Å². The maximum Gasteiger partial charge on any atom is -0.0121 e. The molecule has 0 fully saturated rings. The Labute approximate surface area is 117 Å². The van der Waals surface area contributed by atoms with Crippen LogP contribution in [-0.4, -0.2) is 0 Å². The van der Waals surface area contributed by atoms with Gasteiger partial charge in [0.25, 0.3) is 0 Å². The third-order valence-corrected chi connectivity index (χ3v) is 4.74. The lowest BCUT2D eigenvalue weighted by Gasteiger charge is -2.29. The molecule has 3 rings (SSSR count). The van der Waals surface area contributed by atoms with Gasteiger partial charge in [-0.05, 0) is 73.6 Å². The number of hydrogen-bond donors (Lipinski definition) is 0. The van der Waals surface area contributed by atoms with Gasteiger partial charge in [0.15, 0.2) is 0 Å². The summed E-state index contributed by atoms with van der Waals surface area (Å²) >= 11 is 0. The van der Waals surface area contributed by atoms with Gasteiger partial charge in [-0.2, -0.15) is 0 Å². The van der Waals surface area contributed by atoms with Crippen molar-refractivity contribution >= 4 is 0 Å². The molecule has 0 bridgehead atoms. The number of allylic oxidation sites excluding steroid dienone is 4. The van der Waals surface area contributed by atoms with Gasteiger partial charge in [-0.1, -0.05) is 42.8 Å². The second-order valence-electron chi connectivity index (χ2n) is 6.44. The highest BCUT2D eigenvalue weighted by Crippen LogP contribution is 2.34. The van der Waals surface area contributed by atoms with E-state index in [0.29, 0.717) is 0 Å². The Balaban J connectivity index is 1.85.